The zero-order valence-corrected chi connectivity index (χ0v) is 38.2. The average molecular weight is 951 g/mol. The Bertz CT molecular complexity index is 3470. The first-order valence-corrected chi connectivity index (χ1v) is 23.4. The average Bonchev–Trinajstić information content (AvgIpc) is 4.05. The van der Waals surface area contributed by atoms with Crippen molar-refractivity contribution in [2.75, 3.05) is 21.7 Å². The highest BCUT2D eigenvalue weighted by molar-refractivity contribution is 6.05. The number of fused-ring (bicyclic) bond motifs is 2. The van der Waals surface area contributed by atoms with Crippen LogP contribution in [0.5, 0.6) is 23.0 Å². The molecule has 0 radical (unpaired) electrons. The lowest BCUT2D eigenvalue weighted by atomic mass is 10.1. The van der Waals surface area contributed by atoms with Crippen molar-refractivity contribution in [1.29, 1.82) is 0 Å². The molecule has 1 aliphatic carbocycles. The highest BCUT2D eigenvalue weighted by Crippen LogP contribution is 2.48. The Morgan fingerprint density at radius 3 is 1.73 bits per heavy atom. The molecular formula is C52H46N12O7. The van der Waals surface area contributed by atoms with Crippen LogP contribution in [0.2, 0.25) is 0 Å². The first-order chi connectivity index (χ1) is 34.6. The second kappa shape index (κ2) is 18.8. The molecule has 2 aliphatic heterocycles. The maximum Gasteiger partial charge on any atom is 0.284 e. The van der Waals surface area contributed by atoms with Crippen molar-refractivity contribution in [1.82, 2.24) is 38.7 Å². The largest absolute Gasteiger partial charge is 0.456 e. The lowest BCUT2D eigenvalue weighted by molar-refractivity contribution is -0.117. The first kappa shape index (κ1) is 44.4. The predicted molar refractivity (Wildman–Crippen MR) is 263 cm³/mol. The van der Waals surface area contributed by atoms with E-state index < -0.39 is 17.4 Å². The quantitative estimate of drug-likeness (QED) is 0.0894. The molecule has 5 N–H and O–H groups in total. The Kier molecular flexibility index (Phi) is 11.7. The van der Waals surface area contributed by atoms with Crippen molar-refractivity contribution in [3.8, 4) is 34.4 Å². The number of amides is 3. The van der Waals surface area contributed by atoms with Crippen molar-refractivity contribution in [3.05, 3.63) is 177 Å². The molecule has 8 aromatic rings. The second-order valence-electron chi connectivity index (χ2n) is 17.6. The minimum Gasteiger partial charge on any atom is -0.456 e. The van der Waals surface area contributed by atoms with E-state index in [1.54, 1.807) is 57.9 Å². The van der Waals surface area contributed by atoms with Crippen molar-refractivity contribution in [3.63, 3.8) is 0 Å². The number of nitrogens with two attached hydrogens (primary N) is 1. The topological polar surface area (TPSA) is 237 Å². The van der Waals surface area contributed by atoms with Gasteiger partial charge in [-0.3, -0.25) is 33.3 Å². The maximum atomic E-state index is 14.2. The van der Waals surface area contributed by atoms with Gasteiger partial charge in [-0.1, -0.05) is 30.3 Å². The fraction of sp³-hybridized carbons (Fsp3) is 0.212. The van der Waals surface area contributed by atoms with Crippen molar-refractivity contribution in [2.45, 2.75) is 64.0 Å². The van der Waals surface area contributed by atoms with E-state index in [1.807, 2.05) is 64.0 Å². The number of rotatable bonds is 13. The number of hydrogen-bond acceptors (Lipinski definition) is 12. The Morgan fingerprint density at radius 1 is 0.563 bits per heavy atom. The van der Waals surface area contributed by atoms with Gasteiger partial charge in [0.2, 0.25) is 5.91 Å². The van der Waals surface area contributed by atoms with Crippen LogP contribution in [-0.4, -0.2) is 56.4 Å². The number of hydrogen-bond donors (Lipinski definition) is 4. The van der Waals surface area contributed by atoms with Crippen LogP contribution in [0.1, 0.15) is 75.7 Å². The maximum absolute atomic E-state index is 14.2. The highest BCUT2D eigenvalue weighted by atomic mass is 16.5. The number of para-hydroxylation sites is 1. The molecule has 356 valence electrons. The number of carbonyl (C=O) groups is 3. The van der Waals surface area contributed by atoms with E-state index in [0.717, 1.165) is 31.2 Å². The summed E-state index contributed by atoms with van der Waals surface area (Å²) in [5.74, 6) is 1.08. The molecule has 11 rings (SSSR count). The number of aromatic nitrogens is 8. The van der Waals surface area contributed by atoms with Crippen LogP contribution >= 0.6 is 0 Å². The van der Waals surface area contributed by atoms with E-state index in [9.17, 15) is 24.0 Å². The molecule has 1 fully saturated rings. The van der Waals surface area contributed by atoms with E-state index in [1.165, 1.54) is 24.8 Å². The van der Waals surface area contributed by atoms with Gasteiger partial charge in [0.05, 0.1) is 35.2 Å². The van der Waals surface area contributed by atoms with E-state index in [0.29, 0.717) is 89.7 Å². The summed E-state index contributed by atoms with van der Waals surface area (Å²) in [4.78, 5) is 85.8. The van der Waals surface area contributed by atoms with Gasteiger partial charge >= 0.3 is 0 Å². The summed E-state index contributed by atoms with van der Waals surface area (Å²) in [6.45, 7) is 1.20. The van der Waals surface area contributed by atoms with Crippen LogP contribution in [-0.2, 0) is 30.7 Å². The van der Waals surface area contributed by atoms with Gasteiger partial charge < -0.3 is 31.2 Å². The van der Waals surface area contributed by atoms with Crippen LogP contribution in [0.25, 0.3) is 11.4 Å². The van der Waals surface area contributed by atoms with E-state index >= 15 is 0 Å². The van der Waals surface area contributed by atoms with Gasteiger partial charge in [-0.2, -0.15) is 0 Å². The van der Waals surface area contributed by atoms with Gasteiger partial charge in [-0.05, 0) is 117 Å². The summed E-state index contributed by atoms with van der Waals surface area (Å²) in [6, 6.07) is 29.8. The summed E-state index contributed by atoms with van der Waals surface area (Å²) in [7, 11) is 0. The van der Waals surface area contributed by atoms with E-state index in [2.05, 4.69) is 35.9 Å². The summed E-state index contributed by atoms with van der Waals surface area (Å²) < 4.78 is 18.7. The van der Waals surface area contributed by atoms with Crippen LogP contribution < -0.4 is 42.3 Å². The van der Waals surface area contributed by atoms with Crippen molar-refractivity contribution < 1.29 is 23.9 Å². The Labute approximate surface area is 404 Å². The lowest BCUT2D eigenvalue weighted by Gasteiger charge is -2.19. The number of ether oxygens (including phenoxy) is 2. The molecule has 0 saturated heterocycles. The molecule has 2 unspecified atom stereocenters. The standard InChI is InChI=1S/C52H46N12O7/c53-42-26-34(19-21-54-42)70-36-15-17-43(56-29-36)59-50(67)47-41-14-5-7-24-62(41)64(52(47)69)33-12-8-9-31(25-33)38-28-39(38)48(65)60-45-27-35(20-22-55-45)71-37-16-18-44(57-30-37)58-49(66)46-40-13-4-6-23-61(40)63(51(46)68)32-10-2-1-3-11-32/h1-3,8-12,15-22,25-27,29-30,38-39H,4-7,13-14,23-24,28H2,(H2,53,54)(H,55,60,65)(H,56,59,67)(H,57,58,66). The molecule has 0 spiro atoms. The van der Waals surface area contributed by atoms with Crippen molar-refractivity contribution in [2.24, 2.45) is 5.92 Å². The molecule has 1 saturated carbocycles. The zero-order chi connectivity index (χ0) is 48.6. The number of pyridine rings is 4. The molecule has 71 heavy (non-hydrogen) atoms. The molecule has 19 heteroatoms. The number of anilines is 4. The van der Waals surface area contributed by atoms with Crippen LogP contribution in [0.3, 0.4) is 0 Å². The monoisotopic (exact) mass is 950 g/mol. The molecule has 3 amide bonds. The van der Waals surface area contributed by atoms with Gasteiger partial charge in [0, 0.05) is 43.5 Å². The number of nitrogens with zero attached hydrogens (tertiary/aromatic N) is 8. The molecule has 0 bridgehead atoms. The minimum atomic E-state index is -0.555. The molecule has 3 aliphatic rings. The summed E-state index contributed by atoms with van der Waals surface area (Å²) in [6.07, 6.45) is 11.2. The fourth-order valence-corrected chi connectivity index (χ4v) is 9.46. The molecule has 19 nitrogen and oxygen atoms in total. The third-order valence-electron chi connectivity index (χ3n) is 12.9. The fourth-order valence-electron chi connectivity index (χ4n) is 9.46. The molecule has 8 heterocycles. The summed E-state index contributed by atoms with van der Waals surface area (Å²) in [5, 5.41) is 8.49. The molecule has 2 aromatic carbocycles. The first-order valence-electron chi connectivity index (χ1n) is 23.4. The third kappa shape index (κ3) is 9.03. The Balaban J connectivity index is 0.725. The lowest BCUT2D eigenvalue weighted by Crippen LogP contribution is -2.26. The minimum absolute atomic E-state index is 0.0623. The van der Waals surface area contributed by atoms with Crippen LogP contribution in [0, 0.1) is 5.92 Å². The molecular weight excluding hydrogens is 905 g/mol. The molecule has 2 atom stereocenters. The predicted octanol–water partition coefficient (Wildman–Crippen LogP) is 7.26. The smallest absolute Gasteiger partial charge is 0.284 e. The third-order valence-corrected chi connectivity index (χ3v) is 12.9. The van der Waals surface area contributed by atoms with Gasteiger partial charge in [0.1, 0.15) is 57.4 Å². The number of nitrogen functional groups attached to an aromatic ring is 1. The zero-order valence-electron chi connectivity index (χ0n) is 38.2. The summed E-state index contributed by atoms with van der Waals surface area (Å²) >= 11 is 0. The van der Waals surface area contributed by atoms with Crippen molar-refractivity contribution >= 4 is 41.0 Å². The Hall–Kier alpha value is -9.13. The van der Waals surface area contributed by atoms with Gasteiger partial charge in [0.15, 0.2) is 0 Å². The number of benzene rings is 2. The van der Waals surface area contributed by atoms with Gasteiger partial charge in [0.25, 0.3) is 22.9 Å². The highest BCUT2D eigenvalue weighted by Gasteiger charge is 2.44. The summed E-state index contributed by atoms with van der Waals surface area (Å²) in [5.41, 5.74) is 8.66. The van der Waals surface area contributed by atoms with E-state index in [4.69, 9.17) is 15.2 Å². The SMILES string of the molecule is Nc1cc(Oc2ccc(NC(=O)c3c4n(n(-c5cccc(C6CC6C(=O)Nc6cc(Oc7ccc(NC(=O)c8c9n(n(-c%10ccccc%10)c8=O)CCCC9)nc7)ccn6)c5)c3=O)CCCC4)nc2)ccn1. The van der Waals surface area contributed by atoms with E-state index in [-0.39, 0.29) is 46.1 Å². The second-order valence-corrected chi connectivity index (χ2v) is 17.6. The number of carbonyl (C=O) groups excluding carboxylic acids is 3. The van der Waals surface area contributed by atoms with Gasteiger partial charge in [-0.25, -0.2) is 29.3 Å². The normalized spacial score (nSPS) is 15.7. The van der Waals surface area contributed by atoms with Crippen LogP contribution in [0.15, 0.2) is 138 Å². The van der Waals surface area contributed by atoms with Gasteiger partial charge in [-0.15, -0.1) is 0 Å². The Morgan fingerprint density at radius 2 is 1.14 bits per heavy atom. The molecule has 6 aromatic heterocycles. The number of nitrogens with one attached hydrogen (secondary N) is 3. The van der Waals surface area contributed by atoms with Crippen LogP contribution in [0.4, 0.5) is 23.3 Å².